The maximum absolute atomic E-state index is 12.4. The number of hydrogen-bond acceptors (Lipinski definition) is 3. The summed E-state index contributed by atoms with van der Waals surface area (Å²) < 4.78 is 1.80. The van der Waals surface area contributed by atoms with Gasteiger partial charge in [0, 0.05) is 6.42 Å². The summed E-state index contributed by atoms with van der Waals surface area (Å²) in [5.74, 6) is 1.39. The summed E-state index contributed by atoms with van der Waals surface area (Å²) in [6.07, 6.45) is 13.4. The summed E-state index contributed by atoms with van der Waals surface area (Å²) in [6.45, 7) is 2.03. The average Bonchev–Trinajstić information content (AvgIpc) is 3.18. The standard InChI is InChI=1S/C18H21ClN4O/c1-11-5-4-8-14(19)16(11)23-17-13(10-20-23)18(24)22-15(21-17)9-12-6-2-3-7-12/h4-5,8,10,12,14,16H,2-3,6-7,9H2,1H3,(H,21,22,24). The second kappa shape index (κ2) is 6.20. The Balaban J connectivity index is 1.76. The molecule has 2 aromatic heterocycles. The van der Waals surface area contributed by atoms with Crippen LogP contribution in [0.15, 0.2) is 34.8 Å². The highest BCUT2D eigenvalue weighted by molar-refractivity contribution is 6.22. The number of aromatic nitrogens is 4. The van der Waals surface area contributed by atoms with E-state index in [4.69, 9.17) is 16.6 Å². The minimum atomic E-state index is -0.197. The molecule has 2 aliphatic rings. The summed E-state index contributed by atoms with van der Waals surface area (Å²) in [7, 11) is 0. The van der Waals surface area contributed by atoms with Crippen LogP contribution in [-0.2, 0) is 6.42 Å². The van der Waals surface area contributed by atoms with E-state index in [2.05, 4.69) is 10.1 Å². The van der Waals surface area contributed by atoms with Crippen LogP contribution in [0.3, 0.4) is 0 Å². The average molecular weight is 345 g/mol. The van der Waals surface area contributed by atoms with Crippen molar-refractivity contribution in [3.05, 3.63) is 46.2 Å². The van der Waals surface area contributed by atoms with Crippen LogP contribution in [0.5, 0.6) is 0 Å². The highest BCUT2D eigenvalue weighted by Crippen LogP contribution is 2.31. The first-order valence-corrected chi connectivity index (χ1v) is 9.02. The fraction of sp³-hybridized carbons (Fsp3) is 0.500. The molecule has 2 heterocycles. The summed E-state index contributed by atoms with van der Waals surface area (Å²) in [4.78, 5) is 20.1. The molecule has 0 aliphatic heterocycles. The molecular weight excluding hydrogens is 324 g/mol. The van der Waals surface area contributed by atoms with Gasteiger partial charge in [-0.3, -0.25) is 4.79 Å². The van der Waals surface area contributed by atoms with Gasteiger partial charge in [-0.2, -0.15) is 5.10 Å². The molecule has 0 amide bonds. The first kappa shape index (κ1) is 15.6. The van der Waals surface area contributed by atoms with E-state index >= 15 is 0 Å². The van der Waals surface area contributed by atoms with Crippen molar-refractivity contribution < 1.29 is 0 Å². The number of nitrogens with one attached hydrogen (secondary N) is 1. The SMILES string of the molecule is CC1=CC=CC(Cl)C1n1ncc2c(=O)[nH]c(CC3CCCC3)nc21. The normalized spacial score (nSPS) is 24.7. The Hall–Kier alpha value is -1.88. The molecule has 0 aromatic carbocycles. The van der Waals surface area contributed by atoms with Gasteiger partial charge in [0.15, 0.2) is 5.65 Å². The van der Waals surface area contributed by atoms with E-state index in [1.54, 1.807) is 10.9 Å². The smallest absolute Gasteiger partial charge is 0.262 e. The maximum atomic E-state index is 12.4. The van der Waals surface area contributed by atoms with Crippen LogP contribution in [-0.4, -0.2) is 25.1 Å². The van der Waals surface area contributed by atoms with E-state index in [-0.39, 0.29) is 17.0 Å². The molecule has 1 fully saturated rings. The van der Waals surface area contributed by atoms with Crippen molar-refractivity contribution in [1.82, 2.24) is 19.7 Å². The lowest BCUT2D eigenvalue weighted by Crippen LogP contribution is -2.23. The number of rotatable bonds is 3. The van der Waals surface area contributed by atoms with Gasteiger partial charge in [-0.05, 0) is 18.4 Å². The fourth-order valence-electron chi connectivity index (χ4n) is 3.87. The topological polar surface area (TPSA) is 63.6 Å². The van der Waals surface area contributed by atoms with E-state index in [0.717, 1.165) is 17.8 Å². The minimum Gasteiger partial charge on any atom is -0.310 e. The van der Waals surface area contributed by atoms with Crippen molar-refractivity contribution in [3.8, 4) is 0 Å². The molecule has 126 valence electrons. The molecule has 0 spiro atoms. The second-order valence-corrected chi connectivity index (χ2v) is 7.38. The Morgan fingerprint density at radius 1 is 1.38 bits per heavy atom. The molecule has 2 aliphatic carbocycles. The van der Waals surface area contributed by atoms with Crippen molar-refractivity contribution in [2.75, 3.05) is 0 Å². The monoisotopic (exact) mass is 344 g/mol. The zero-order valence-electron chi connectivity index (χ0n) is 13.7. The first-order valence-electron chi connectivity index (χ1n) is 8.59. The summed E-state index contributed by atoms with van der Waals surface area (Å²) in [5.41, 5.74) is 1.63. The van der Waals surface area contributed by atoms with E-state index in [1.807, 2.05) is 25.2 Å². The van der Waals surface area contributed by atoms with Gasteiger partial charge in [0.1, 0.15) is 11.2 Å². The van der Waals surface area contributed by atoms with Gasteiger partial charge in [-0.1, -0.05) is 43.9 Å². The molecule has 2 atom stereocenters. The summed E-state index contributed by atoms with van der Waals surface area (Å²) in [5, 5.41) is 4.76. The lowest BCUT2D eigenvalue weighted by molar-refractivity contribution is 0.520. The van der Waals surface area contributed by atoms with Crippen molar-refractivity contribution >= 4 is 22.6 Å². The van der Waals surface area contributed by atoms with Crippen LogP contribution >= 0.6 is 11.6 Å². The molecular formula is C18H21ClN4O. The van der Waals surface area contributed by atoms with Crippen LogP contribution in [0.25, 0.3) is 11.0 Å². The van der Waals surface area contributed by atoms with Crippen LogP contribution in [0, 0.1) is 5.92 Å². The third kappa shape index (κ3) is 2.71. The van der Waals surface area contributed by atoms with Gasteiger partial charge < -0.3 is 4.98 Å². The number of halogens is 1. The molecule has 2 aromatic rings. The molecule has 1 saturated carbocycles. The third-order valence-electron chi connectivity index (χ3n) is 5.15. The van der Waals surface area contributed by atoms with Crippen molar-refractivity contribution in [1.29, 1.82) is 0 Å². The number of alkyl halides is 1. The lowest BCUT2D eigenvalue weighted by atomic mass is 10.0. The third-order valence-corrected chi connectivity index (χ3v) is 5.54. The van der Waals surface area contributed by atoms with E-state index < -0.39 is 0 Å². The summed E-state index contributed by atoms with van der Waals surface area (Å²) in [6, 6.07) is -0.109. The maximum Gasteiger partial charge on any atom is 0.262 e. The Morgan fingerprint density at radius 2 is 2.17 bits per heavy atom. The molecule has 2 unspecified atom stereocenters. The van der Waals surface area contributed by atoms with Crippen molar-refractivity contribution in [3.63, 3.8) is 0 Å². The molecule has 0 saturated heterocycles. The quantitative estimate of drug-likeness (QED) is 0.866. The number of nitrogens with zero attached hydrogens (tertiary/aromatic N) is 3. The van der Waals surface area contributed by atoms with Crippen molar-refractivity contribution in [2.24, 2.45) is 5.92 Å². The molecule has 24 heavy (non-hydrogen) atoms. The van der Waals surface area contributed by atoms with Crippen molar-refractivity contribution in [2.45, 2.75) is 50.4 Å². The van der Waals surface area contributed by atoms with E-state index in [9.17, 15) is 4.79 Å². The first-order chi connectivity index (χ1) is 11.6. The molecule has 4 rings (SSSR count). The predicted octanol–water partition coefficient (Wildman–Crippen LogP) is 3.52. The molecule has 6 heteroatoms. The lowest BCUT2D eigenvalue weighted by Gasteiger charge is -2.24. The highest BCUT2D eigenvalue weighted by atomic mass is 35.5. The Bertz CT molecular complexity index is 873. The van der Waals surface area contributed by atoms with Crippen LogP contribution in [0.4, 0.5) is 0 Å². The molecule has 0 radical (unpaired) electrons. The Labute approximate surface area is 145 Å². The minimum absolute atomic E-state index is 0.109. The highest BCUT2D eigenvalue weighted by Gasteiger charge is 2.27. The van der Waals surface area contributed by atoms with Gasteiger partial charge in [0.2, 0.25) is 0 Å². The largest absolute Gasteiger partial charge is 0.310 e. The Morgan fingerprint density at radius 3 is 2.92 bits per heavy atom. The zero-order valence-corrected chi connectivity index (χ0v) is 14.5. The number of allylic oxidation sites excluding steroid dienone is 4. The van der Waals surface area contributed by atoms with Crippen LogP contribution in [0.1, 0.15) is 44.5 Å². The number of hydrogen-bond donors (Lipinski definition) is 1. The van der Waals surface area contributed by atoms with E-state index in [1.165, 1.54) is 25.7 Å². The van der Waals surface area contributed by atoms with E-state index in [0.29, 0.717) is 17.0 Å². The number of aromatic amines is 1. The van der Waals surface area contributed by atoms with Gasteiger partial charge in [-0.15, -0.1) is 11.6 Å². The second-order valence-electron chi connectivity index (χ2n) is 6.88. The summed E-state index contributed by atoms with van der Waals surface area (Å²) >= 11 is 6.48. The van der Waals surface area contributed by atoms with Gasteiger partial charge >= 0.3 is 0 Å². The van der Waals surface area contributed by atoms with Crippen LogP contribution < -0.4 is 5.56 Å². The van der Waals surface area contributed by atoms with Crippen LogP contribution in [0.2, 0.25) is 0 Å². The predicted molar refractivity (Wildman–Crippen MR) is 95.4 cm³/mol. The number of fused-ring (bicyclic) bond motifs is 1. The fourth-order valence-corrected chi connectivity index (χ4v) is 4.26. The molecule has 5 nitrogen and oxygen atoms in total. The van der Waals surface area contributed by atoms with Gasteiger partial charge in [0.25, 0.3) is 5.56 Å². The van der Waals surface area contributed by atoms with Gasteiger partial charge in [0.05, 0.1) is 17.6 Å². The zero-order chi connectivity index (χ0) is 16.7. The molecule has 1 N–H and O–H groups in total. The Kier molecular flexibility index (Phi) is 4.04. The van der Waals surface area contributed by atoms with Gasteiger partial charge in [-0.25, -0.2) is 9.67 Å². The molecule has 0 bridgehead atoms. The number of H-pyrrole nitrogens is 1.